The molecule has 0 spiro atoms. The summed E-state index contributed by atoms with van der Waals surface area (Å²) in [4.78, 5) is 0. The van der Waals surface area contributed by atoms with Crippen LogP contribution in [0.4, 0.5) is 0 Å². The van der Waals surface area contributed by atoms with E-state index in [1.54, 1.807) is 0 Å². The molecule has 0 heterocycles. The molecule has 0 aliphatic rings. The van der Waals surface area contributed by atoms with E-state index in [9.17, 15) is 0 Å². The molecule has 0 saturated carbocycles. The second-order valence-electron chi connectivity index (χ2n) is 6.64. The first kappa shape index (κ1) is 19.0. The Kier molecular flexibility index (Phi) is 14.3. The van der Waals surface area contributed by atoms with E-state index in [-0.39, 0.29) is 0 Å². The van der Waals surface area contributed by atoms with Crippen LogP contribution in [0.5, 0.6) is 0 Å². The zero-order chi connectivity index (χ0) is 14.3. The SMILES string of the molecule is CCCCCCCCCCCCC(C)CNC(C)C. The molecule has 0 aromatic heterocycles. The van der Waals surface area contributed by atoms with Crippen LogP contribution in [0.3, 0.4) is 0 Å². The van der Waals surface area contributed by atoms with Gasteiger partial charge in [0.15, 0.2) is 0 Å². The van der Waals surface area contributed by atoms with Crippen molar-refractivity contribution >= 4 is 0 Å². The lowest BCUT2D eigenvalue weighted by Crippen LogP contribution is -2.27. The molecule has 0 radical (unpaired) electrons. The number of nitrogens with one attached hydrogen (secondary N) is 1. The van der Waals surface area contributed by atoms with E-state index in [0.717, 1.165) is 5.92 Å². The highest BCUT2D eigenvalue weighted by Gasteiger charge is 2.02. The maximum Gasteiger partial charge on any atom is 0.00104 e. The molecular weight excluding hydrogens is 230 g/mol. The fraction of sp³-hybridized carbons (Fsp3) is 1.00. The van der Waals surface area contributed by atoms with Gasteiger partial charge in [0.2, 0.25) is 0 Å². The lowest BCUT2D eigenvalue weighted by Gasteiger charge is -2.14. The average Bonchev–Trinajstić information content (AvgIpc) is 2.38. The zero-order valence-corrected chi connectivity index (χ0v) is 14.1. The summed E-state index contributed by atoms with van der Waals surface area (Å²) in [6.07, 6.45) is 15.8. The van der Waals surface area contributed by atoms with Crippen LogP contribution in [0.15, 0.2) is 0 Å². The van der Waals surface area contributed by atoms with Crippen LogP contribution in [-0.4, -0.2) is 12.6 Å². The van der Waals surface area contributed by atoms with Crippen molar-refractivity contribution in [1.29, 1.82) is 0 Å². The smallest absolute Gasteiger partial charge is 0.00104 e. The molecule has 0 bridgehead atoms. The molecule has 0 aliphatic heterocycles. The van der Waals surface area contributed by atoms with Gasteiger partial charge in [-0.15, -0.1) is 0 Å². The van der Waals surface area contributed by atoms with Crippen LogP contribution in [0.1, 0.15) is 98.3 Å². The van der Waals surface area contributed by atoms with E-state index in [4.69, 9.17) is 0 Å². The zero-order valence-electron chi connectivity index (χ0n) is 14.1. The van der Waals surface area contributed by atoms with Crippen LogP contribution >= 0.6 is 0 Å². The lowest BCUT2D eigenvalue weighted by molar-refractivity contribution is 0.431. The maximum atomic E-state index is 3.53. The van der Waals surface area contributed by atoms with Gasteiger partial charge >= 0.3 is 0 Å². The normalized spacial score (nSPS) is 13.1. The van der Waals surface area contributed by atoms with Crippen molar-refractivity contribution in [3.05, 3.63) is 0 Å². The van der Waals surface area contributed by atoms with Gasteiger partial charge in [0, 0.05) is 6.04 Å². The summed E-state index contributed by atoms with van der Waals surface area (Å²) in [5.74, 6) is 0.844. The van der Waals surface area contributed by atoms with Crippen LogP contribution < -0.4 is 5.32 Å². The summed E-state index contributed by atoms with van der Waals surface area (Å²) >= 11 is 0. The van der Waals surface area contributed by atoms with Crippen molar-refractivity contribution in [3.63, 3.8) is 0 Å². The number of unbranched alkanes of at least 4 members (excludes halogenated alkanes) is 9. The van der Waals surface area contributed by atoms with E-state index in [0.29, 0.717) is 6.04 Å². The van der Waals surface area contributed by atoms with Crippen molar-refractivity contribution in [1.82, 2.24) is 5.32 Å². The first-order chi connectivity index (χ1) is 9.16. The van der Waals surface area contributed by atoms with Crippen molar-refractivity contribution in [2.45, 2.75) is 104 Å². The minimum Gasteiger partial charge on any atom is -0.314 e. The van der Waals surface area contributed by atoms with Gasteiger partial charge in [0.25, 0.3) is 0 Å². The Morgan fingerprint density at radius 1 is 0.684 bits per heavy atom. The summed E-state index contributed by atoms with van der Waals surface area (Å²) in [5.41, 5.74) is 0. The molecule has 0 fully saturated rings. The predicted molar refractivity (Wildman–Crippen MR) is 88.8 cm³/mol. The van der Waals surface area contributed by atoms with Crippen LogP contribution in [0.2, 0.25) is 0 Å². The Labute approximate surface area is 122 Å². The number of hydrogen-bond acceptors (Lipinski definition) is 1. The molecule has 0 aromatic carbocycles. The molecule has 0 saturated heterocycles. The van der Waals surface area contributed by atoms with Gasteiger partial charge in [-0.25, -0.2) is 0 Å². The molecule has 1 atom stereocenters. The van der Waals surface area contributed by atoms with Crippen molar-refractivity contribution in [2.75, 3.05) is 6.54 Å². The highest BCUT2D eigenvalue weighted by atomic mass is 14.9. The minimum absolute atomic E-state index is 0.634. The number of hydrogen-bond donors (Lipinski definition) is 1. The monoisotopic (exact) mass is 269 g/mol. The standard InChI is InChI=1S/C18H39N/c1-5-6-7-8-9-10-11-12-13-14-15-18(4)16-19-17(2)3/h17-19H,5-16H2,1-4H3. The average molecular weight is 270 g/mol. The number of rotatable bonds is 14. The predicted octanol–water partition coefficient (Wildman–Crippen LogP) is 5.93. The molecule has 1 nitrogen and oxygen atoms in total. The summed E-state index contributed by atoms with van der Waals surface area (Å²) in [7, 11) is 0. The van der Waals surface area contributed by atoms with E-state index < -0.39 is 0 Å². The third-order valence-corrected chi connectivity index (χ3v) is 3.93. The molecule has 0 amide bonds. The minimum atomic E-state index is 0.634. The highest BCUT2D eigenvalue weighted by molar-refractivity contribution is 4.60. The third-order valence-electron chi connectivity index (χ3n) is 3.93. The van der Waals surface area contributed by atoms with Crippen molar-refractivity contribution < 1.29 is 0 Å². The van der Waals surface area contributed by atoms with E-state index in [2.05, 4.69) is 33.0 Å². The Bertz CT molecular complexity index is 165. The highest BCUT2D eigenvalue weighted by Crippen LogP contribution is 2.13. The molecule has 1 heteroatoms. The first-order valence-electron chi connectivity index (χ1n) is 8.90. The second kappa shape index (κ2) is 14.4. The molecule has 0 aromatic rings. The molecule has 0 rings (SSSR count). The largest absolute Gasteiger partial charge is 0.314 e. The van der Waals surface area contributed by atoms with E-state index >= 15 is 0 Å². The van der Waals surface area contributed by atoms with Gasteiger partial charge < -0.3 is 5.32 Å². The lowest BCUT2D eigenvalue weighted by atomic mass is 10.0. The molecule has 1 unspecified atom stereocenters. The fourth-order valence-corrected chi connectivity index (χ4v) is 2.52. The summed E-state index contributed by atoms with van der Waals surface area (Å²) < 4.78 is 0. The molecular formula is C18H39N. The summed E-state index contributed by atoms with van der Waals surface area (Å²) in [5, 5.41) is 3.53. The Morgan fingerprint density at radius 2 is 1.16 bits per heavy atom. The Morgan fingerprint density at radius 3 is 1.63 bits per heavy atom. The molecule has 1 N–H and O–H groups in total. The molecule has 19 heavy (non-hydrogen) atoms. The van der Waals surface area contributed by atoms with Gasteiger partial charge in [0.05, 0.1) is 0 Å². The van der Waals surface area contributed by atoms with Gasteiger partial charge in [-0.1, -0.05) is 91.9 Å². The second-order valence-corrected chi connectivity index (χ2v) is 6.64. The molecule has 116 valence electrons. The fourth-order valence-electron chi connectivity index (χ4n) is 2.52. The summed E-state index contributed by atoms with van der Waals surface area (Å²) in [6.45, 7) is 10.3. The summed E-state index contributed by atoms with van der Waals surface area (Å²) in [6, 6.07) is 0.634. The Balaban J connectivity index is 3.09. The third kappa shape index (κ3) is 15.9. The first-order valence-corrected chi connectivity index (χ1v) is 8.90. The molecule has 0 aliphatic carbocycles. The van der Waals surface area contributed by atoms with Crippen LogP contribution in [-0.2, 0) is 0 Å². The van der Waals surface area contributed by atoms with E-state index in [1.165, 1.54) is 77.2 Å². The van der Waals surface area contributed by atoms with Crippen LogP contribution in [0.25, 0.3) is 0 Å². The van der Waals surface area contributed by atoms with Crippen LogP contribution in [0, 0.1) is 5.92 Å². The van der Waals surface area contributed by atoms with Gasteiger partial charge in [-0.2, -0.15) is 0 Å². The Hall–Kier alpha value is -0.0400. The van der Waals surface area contributed by atoms with Crippen molar-refractivity contribution in [2.24, 2.45) is 5.92 Å². The maximum absolute atomic E-state index is 3.53. The van der Waals surface area contributed by atoms with Gasteiger partial charge in [-0.05, 0) is 18.9 Å². The quantitative estimate of drug-likeness (QED) is 0.385. The van der Waals surface area contributed by atoms with E-state index in [1.807, 2.05) is 0 Å². The topological polar surface area (TPSA) is 12.0 Å². The van der Waals surface area contributed by atoms with Gasteiger partial charge in [0.1, 0.15) is 0 Å². The van der Waals surface area contributed by atoms with Crippen molar-refractivity contribution in [3.8, 4) is 0 Å². The van der Waals surface area contributed by atoms with Gasteiger partial charge in [-0.3, -0.25) is 0 Å².